The lowest BCUT2D eigenvalue weighted by Crippen LogP contribution is -2.07. The van der Waals surface area contributed by atoms with Gasteiger partial charge in [0.05, 0.1) is 44.1 Å². The second-order valence-corrected chi connectivity index (χ2v) is 18.0. The van der Waals surface area contributed by atoms with Crippen LogP contribution < -0.4 is 0 Å². The minimum absolute atomic E-state index is 0.538. The average molecular weight is 894 g/mol. The number of rotatable bonds is 6. The van der Waals surface area contributed by atoms with Gasteiger partial charge in [0.15, 0.2) is 11.6 Å². The highest BCUT2D eigenvalue weighted by Gasteiger charge is 2.25. The van der Waals surface area contributed by atoms with E-state index in [2.05, 4.69) is 255 Å². The van der Waals surface area contributed by atoms with Crippen molar-refractivity contribution in [2.24, 2.45) is 0 Å². The minimum atomic E-state index is 0.538. The lowest BCUT2D eigenvalue weighted by molar-refractivity contribution is 0.954. The van der Waals surface area contributed by atoms with Gasteiger partial charge in [-0.3, -0.25) is 4.57 Å². The van der Waals surface area contributed by atoms with E-state index < -0.39 is 0 Å². The van der Waals surface area contributed by atoms with Gasteiger partial charge in [0.25, 0.3) is 0 Å². The number of para-hydroxylation sites is 9. The quantitative estimate of drug-likeness (QED) is 0.167. The summed E-state index contributed by atoms with van der Waals surface area (Å²) in [5.74, 6) is 1.70. The number of hydrogen-bond acceptors (Lipinski definition) is 3. The molecule has 15 aromatic rings. The molecule has 0 spiro atoms. The first-order chi connectivity index (χ1) is 34.8. The summed E-state index contributed by atoms with van der Waals surface area (Å²) in [7, 11) is 0. The molecule has 7 nitrogen and oxygen atoms in total. The predicted molar refractivity (Wildman–Crippen MR) is 288 cm³/mol. The fourth-order valence-electron chi connectivity index (χ4n) is 11.3. The highest BCUT2D eigenvalue weighted by atomic mass is 15.2. The molecule has 0 aliphatic heterocycles. The molecule has 0 amide bonds. The Bertz CT molecular complexity index is 4400. The van der Waals surface area contributed by atoms with Crippen LogP contribution in [0.15, 0.2) is 237 Å². The van der Waals surface area contributed by atoms with E-state index in [-0.39, 0.29) is 0 Å². The van der Waals surface area contributed by atoms with Crippen molar-refractivity contribution in [2.45, 2.75) is 0 Å². The maximum absolute atomic E-state index is 5.64. The Morgan fingerprint density at radius 1 is 0.229 bits per heavy atom. The summed E-state index contributed by atoms with van der Waals surface area (Å²) in [4.78, 5) is 16.9. The maximum atomic E-state index is 5.64. The highest BCUT2D eigenvalue weighted by Crippen LogP contribution is 2.43. The third-order valence-electron chi connectivity index (χ3n) is 14.2. The summed E-state index contributed by atoms with van der Waals surface area (Å²) in [6, 6.07) is 84.2. The zero-order valence-corrected chi connectivity index (χ0v) is 37.6. The van der Waals surface area contributed by atoms with Crippen LogP contribution in [0.25, 0.3) is 133 Å². The molecule has 0 aliphatic carbocycles. The van der Waals surface area contributed by atoms with Crippen molar-refractivity contribution in [3.63, 3.8) is 0 Å². The first kappa shape index (κ1) is 38.5. The molecule has 10 aromatic carbocycles. The van der Waals surface area contributed by atoms with Crippen molar-refractivity contribution in [3.05, 3.63) is 237 Å². The molecule has 0 saturated carbocycles. The topological polar surface area (TPSA) is 58.4 Å². The van der Waals surface area contributed by atoms with Crippen LogP contribution in [0, 0.1) is 0 Å². The summed E-state index contributed by atoms with van der Waals surface area (Å²) in [6.45, 7) is 0. The maximum Gasteiger partial charge on any atom is 0.238 e. The van der Waals surface area contributed by atoms with Gasteiger partial charge >= 0.3 is 0 Å². The normalized spacial score (nSPS) is 12.0. The molecular formula is C63H39N7. The smallest absolute Gasteiger partial charge is 0.238 e. The van der Waals surface area contributed by atoms with Crippen molar-refractivity contribution in [2.75, 3.05) is 0 Å². The Hall–Kier alpha value is -9.59. The van der Waals surface area contributed by atoms with Gasteiger partial charge in [-0.2, -0.15) is 9.97 Å². The molecular weight excluding hydrogens is 855 g/mol. The standard InChI is InChI=1S/C63H39N7/c1-4-20-40(21-5-1)67-53-34-14-12-28-45(53)51-39-58-52(38-57(51)67)46-29-13-17-37-56(46)70(58)63-65-61(49-32-18-30-47-43-26-10-15-35-54(43)68(59(47)49)41-22-6-2-7-23-41)64-62(66-63)50-33-19-31-48-44-27-11-16-36-55(44)69(60(48)50)42-24-8-3-9-25-42/h1-39H. The van der Waals surface area contributed by atoms with Crippen molar-refractivity contribution >= 4 is 87.2 Å². The first-order valence-electron chi connectivity index (χ1n) is 23.7. The van der Waals surface area contributed by atoms with Gasteiger partial charge < -0.3 is 13.7 Å². The van der Waals surface area contributed by atoms with E-state index in [0.29, 0.717) is 17.6 Å². The van der Waals surface area contributed by atoms with E-state index >= 15 is 0 Å². The van der Waals surface area contributed by atoms with E-state index in [9.17, 15) is 0 Å². The summed E-state index contributed by atoms with van der Waals surface area (Å²) in [5, 5.41) is 9.14. The fraction of sp³-hybridized carbons (Fsp3) is 0. The number of nitrogens with zero attached hydrogens (tertiary/aromatic N) is 7. The van der Waals surface area contributed by atoms with Crippen molar-refractivity contribution < 1.29 is 0 Å². The van der Waals surface area contributed by atoms with E-state index in [1.165, 1.54) is 5.39 Å². The highest BCUT2D eigenvalue weighted by molar-refractivity contribution is 6.19. The Labute approximate surface area is 401 Å². The molecule has 0 saturated heterocycles. The lowest BCUT2D eigenvalue weighted by Gasteiger charge is -2.15. The van der Waals surface area contributed by atoms with Crippen LogP contribution in [-0.2, 0) is 0 Å². The third-order valence-corrected chi connectivity index (χ3v) is 14.2. The van der Waals surface area contributed by atoms with Crippen molar-refractivity contribution in [1.82, 2.24) is 33.2 Å². The zero-order valence-electron chi connectivity index (χ0n) is 37.6. The van der Waals surface area contributed by atoms with Gasteiger partial charge in [-0.15, -0.1) is 0 Å². The number of aromatic nitrogens is 7. The van der Waals surface area contributed by atoms with E-state index in [0.717, 1.165) is 110 Å². The molecule has 0 N–H and O–H groups in total. The number of fused-ring (bicyclic) bond motifs is 12. The molecule has 70 heavy (non-hydrogen) atoms. The van der Waals surface area contributed by atoms with Crippen LogP contribution in [0.1, 0.15) is 0 Å². The molecule has 7 heteroatoms. The summed E-state index contributed by atoms with van der Waals surface area (Å²) in [6.07, 6.45) is 0. The van der Waals surface area contributed by atoms with Crippen LogP contribution in [-0.4, -0.2) is 33.2 Å². The van der Waals surface area contributed by atoms with Gasteiger partial charge in [0.1, 0.15) is 0 Å². The predicted octanol–water partition coefficient (Wildman–Crippen LogP) is 15.6. The monoisotopic (exact) mass is 893 g/mol. The third kappa shape index (κ3) is 5.54. The summed E-state index contributed by atoms with van der Waals surface area (Å²) < 4.78 is 9.36. The Morgan fingerprint density at radius 2 is 0.557 bits per heavy atom. The van der Waals surface area contributed by atoms with E-state index in [1.807, 2.05) is 0 Å². The van der Waals surface area contributed by atoms with Crippen LogP contribution in [0.2, 0.25) is 0 Å². The van der Waals surface area contributed by atoms with Crippen LogP contribution >= 0.6 is 0 Å². The van der Waals surface area contributed by atoms with Gasteiger partial charge in [-0.05, 0) is 84.9 Å². The second-order valence-electron chi connectivity index (χ2n) is 18.0. The Morgan fingerprint density at radius 3 is 1.00 bits per heavy atom. The largest absolute Gasteiger partial charge is 0.309 e. The molecule has 0 bridgehead atoms. The van der Waals surface area contributed by atoms with Crippen LogP contribution in [0.3, 0.4) is 0 Å². The van der Waals surface area contributed by atoms with E-state index in [1.54, 1.807) is 0 Å². The van der Waals surface area contributed by atoms with Gasteiger partial charge in [-0.25, -0.2) is 4.98 Å². The van der Waals surface area contributed by atoms with Crippen LogP contribution in [0.4, 0.5) is 0 Å². The van der Waals surface area contributed by atoms with Gasteiger partial charge in [-0.1, -0.05) is 152 Å². The summed E-state index contributed by atoms with van der Waals surface area (Å²) in [5.41, 5.74) is 13.7. The molecule has 0 atom stereocenters. The Balaban J connectivity index is 1.09. The molecule has 5 heterocycles. The van der Waals surface area contributed by atoms with Crippen molar-refractivity contribution in [3.8, 4) is 45.8 Å². The number of benzene rings is 10. The fourth-order valence-corrected chi connectivity index (χ4v) is 11.3. The molecule has 0 unspecified atom stereocenters. The minimum Gasteiger partial charge on any atom is -0.309 e. The SMILES string of the molecule is c1ccc(-n2c3ccccc3c3cc4c(cc32)c2ccccc2n4-c2nc(-c3cccc4c5ccccc5n(-c5ccccc5)c34)nc(-c3cccc4c5ccccc5n(-c5ccccc5)c34)n2)cc1. The lowest BCUT2D eigenvalue weighted by atomic mass is 10.1. The number of hydrogen-bond donors (Lipinski definition) is 0. The van der Waals surface area contributed by atoms with Gasteiger partial charge in [0.2, 0.25) is 5.95 Å². The van der Waals surface area contributed by atoms with Crippen LogP contribution in [0.5, 0.6) is 0 Å². The molecule has 0 aliphatic rings. The molecule has 326 valence electrons. The molecule has 5 aromatic heterocycles. The summed E-state index contributed by atoms with van der Waals surface area (Å²) >= 11 is 0. The average Bonchev–Trinajstić information content (AvgIpc) is 4.16. The molecule has 0 radical (unpaired) electrons. The van der Waals surface area contributed by atoms with Gasteiger partial charge in [0, 0.05) is 71.3 Å². The van der Waals surface area contributed by atoms with E-state index in [4.69, 9.17) is 15.0 Å². The second kappa shape index (κ2) is 15.0. The molecule has 0 fully saturated rings. The zero-order chi connectivity index (χ0) is 45.9. The Kier molecular flexibility index (Phi) is 8.23. The molecule has 15 rings (SSSR count). The van der Waals surface area contributed by atoms with Crippen molar-refractivity contribution in [1.29, 1.82) is 0 Å². The first-order valence-corrected chi connectivity index (χ1v) is 23.7.